The number of benzene rings is 1. The molecular formula is C14H19FN2O. The van der Waals surface area contributed by atoms with E-state index in [0.717, 1.165) is 31.2 Å². The van der Waals surface area contributed by atoms with E-state index >= 15 is 0 Å². The van der Waals surface area contributed by atoms with Crippen LogP contribution in [0.25, 0.3) is 0 Å². The molecule has 0 heterocycles. The van der Waals surface area contributed by atoms with E-state index in [0.29, 0.717) is 0 Å². The molecule has 1 atom stereocenters. The van der Waals surface area contributed by atoms with Crippen molar-refractivity contribution in [2.45, 2.75) is 44.2 Å². The van der Waals surface area contributed by atoms with Gasteiger partial charge in [-0.05, 0) is 37.5 Å². The first-order chi connectivity index (χ1) is 8.53. The van der Waals surface area contributed by atoms with E-state index in [-0.39, 0.29) is 17.3 Å². The van der Waals surface area contributed by atoms with Crippen molar-refractivity contribution in [1.82, 2.24) is 5.32 Å². The van der Waals surface area contributed by atoms with E-state index in [1.54, 1.807) is 19.1 Å². The standard InChI is InChI=1S/C14H19FN2O/c1-10(16)13(18)17-14(8-2-3-9-14)11-4-6-12(15)7-5-11/h4-7,10H,2-3,8-9,16H2,1H3,(H,17,18)/t10-/m0/s1. The van der Waals surface area contributed by atoms with Gasteiger partial charge in [0, 0.05) is 0 Å². The minimum Gasteiger partial charge on any atom is -0.345 e. The maximum Gasteiger partial charge on any atom is 0.237 e. The molecule has 2 rings (SSSR count). The maximum atomic E-state index is 13.0. The average molecular weight is 250 g/mol. The Balaban J connectivity index is 2.26. The molecule has 98 valence electrons. The van der Waals surface area contributed by atoms with Gasteiger partial charge in [-0.1, -0.05) is 25.0 Å². The van der Waals surface area contributed by atoms with Crippen molar-refractivity contribution < 1.29 is 9.18 Å². The zero-order valence-electron chi connectivity index (χ0n) is 10.6. The predicted molar refractivity (Wildman–Crippen MR) is 68.3 cm³/mol. The Hall–Kier alpha value is -1.42. The minimum atomic E-state index is -0.525. The first-order valence-corrected chi connectivity index (χ1v) is 6.37. The van der Waals surface area contributed by atoms with Crippen LogP contribution in [0.5, 0.6) is 0 Å². The second-order valence-corrected chi connectivity index (χ2v) is 5.07. The third-order valence-electron chi connectivity index (χ3n) is 3.63. The summed E-state index contributed by atoms with van der Waals surface area (Å²) in [6.45, 7) is 1.67. The van der Waals surface area contributed by atoms with Crippen LogP contribution in [0, 0.1) is 5.82 Å². The van der Waals surface area contributed by atoms with Crippen LogP contribution in [0.1, 0.15) is 38.2 Å². The summed E-state index contributed by atoms with van der Waals surface area (Å²) in [6, 6.07) is 5.85. The highest BCUT2D eigenvalue weighted by Crippen LogP contribution is 2.38. The van der Waals surface area contributed by atoms with Crippen molar-refractivity contribution >= 4 is 5.91 Å². The molecule has 0 spiro atoms. The van der Waals surface area contributed by atoms with Crippen molar-refractivity contribution in [3.8, 4) is 0 Å². The topological polar surface area (TPSA) is 55.1 Å². The third kappa shape index (κ3) is 2.53. The number of amides is 1. The average Bonchev–Trinajstić information content (AvgIpc) is 2.79. The first kappa shape index (κ1) is 13.0. The van der Waals surface area contributed by atoms with Crippen LogP contribution in [-0.2, 0) is 10.3 Å². The number of hydrogen-bond acceptors (Lipinski definition) is 2. The van der Waals surface area contributed by atoms with E-state index < -0.39 is 6.04 Å². The fourth-order valence-electron chi connectivity index (χ4n) is 2.58. The Bertz CT molecular complexity index is 422. The van der Waals surface area contributed by atoms with Crippen LogP contribution in [0.4, 0.5) is 4.39 Å². The van der Waals surface area contributed by atoms with Crippen LogP contribution in [0.2, 0.25) is 0 Å². The molecule has 1 aromatic carbocycles. The lowest BCUT2D eigenvalue weighted by Crippen LogP contribution is -2.49. The van der Waals surface area contributed by atoms with Crippen molar-refractivity contribution in [2.75, 3.05) is 0 Å². The molecule has 18 heavy (non-hydrogen) atoms. The molecule has 1 aliphatic rings. The lowest BCUT2D eigenvalue weighted by Gasteiger charge is -2.32. The molecule has 1 saturated carbocycles. The molecule has 1 amide bonds. The van der Waals surface area contributed by atoms with Gasteiger partial charge in [-0.15, -0.1) is 0 Å². The van der Waals surface area contributed by atoms with E-state index in [1.807, 2.05) is 0 Å². The number of hydrogen-bond donors (Lipinski definition) is 2. The van der Waals surface area contributed by atoms with Crippen molar-refractivity contribution in [3.05, 3.63) is 35.6 Å². The van der Waals surface area contributed by atoms with E-state index in [2.05, 4.69) is 5.32 Å². The Kier molecular flexibility index (Phi) is 3.66. The summed E-state index contributed by atoms with van der Waals surface area (Å²) in [6.07, 6.45) is 3.90. The van der Waals surface area contributed by atoms with Crippen LogP contribution >= 0.6 is 0 Å². The minimum absolute atomic E-state index is 0.152. The number of carbonyl (C=O) groups excluding carboxylic acids is 1. The number of nitrogens with one attached hydrogen (secondary N) is 1. The molecule has 0 unspecified atom stereocenters. The van der Waals surface area contributed by atoms with Gasteiger partial charge in [0.1, 0.15) is 5.82 Å². The number of rotatable bonds is 3. The second-order valence-electron chi connectivity index (χ2n) is 5.07. The normalized spacial score (nSPS) is 19.5. The Labute approximate surface area is 107 Å². The van der Waals surface area contributed by atoms with Gasteiger partial charge in [0.25, 0.3) is 0 Å². The summed E-state index contributed by atoms with van der Waals surface area (Å²) >= 11 is 0. The van der Waals surface area contributed by atoms with Gasteiger partial charge in [0.15, 0.2) is 0 Å². The van der Waals surface area contributed by atoms with E-state index in [4.69, 9.17) is 5.73 Å². The summed E-state index contributed by atoms with van der Waals surface area (Å²) in [7, 11) is 0. The fourth-order valence-corrected chi connectivity index (χ4v) is 2.58. The van der Waals surface area contributed by atoms with Gasteiger partial charge in [0.2, 0.25) is 5.91 Å². The quantitative estimate of drug-likeness (QED) is 0.862. The van der Waals surface area contributed by atoms with Crippen molar-refractivity contribution in [3.63, 3.8) is 0 Å². The molecule has 0 saturated heterocycles. The molecule has 1 aromatic rings. The van der Waals surface area contributed by atoms with Gasteiger partial charge in [0.05, 0.1) is 11.6 Å². The Morgan fingerprint density at radius 1 is 1.33 bits per heavy atom. The SMILES string of the molecule is C[C@H](N)C(=O)NC1(c2ccc(F)cc2)CCCC1. The van der Waals surface area contributed by atoms with Gasteiger partial charge in [-0.25, -0.2) is 4.39 Å². The Morgan fingerprint density at radius 3 is 2.39 bits per heavy atom. The third-order valence-corrected chi connectivity index (χ3v) is 3.63. The summed E-state index contributed by atoms with van der Waals surface area (Å²) < 4.78 is 13.0. The molecule has 1 aliphatic carbocycles. The molecule has 1 fully saturated rings. The van der Waals surface area contributed by atoms with Crippen molar-refractivity contribution in [1.29, 1.82) is 0 Å². The van der Waals surface area contributed by atoms with Crippen LogP contribution in [0.3, 0.4) is 0 Å². The van der Waals surface area contributed by atoms with Crippen LogP contribution < -0.4 is 11.1 Å². The van der Waals surface area contributed by atoms with E-state index in [9.17, 15) is 9.18 Å². The zero-order chi connectivity index (χ0) is 13.2. The number of nitrogens with two attached hydrogens (primary N) is 1. The molecular weight excluding hydrogens is 231 g/mol. The highest BCUT2D eigenvalue weighted by atomic mass is 19.1. The molecule has 0 aromatic heterocycles. The van der Waals surface area contributed by atoms with Gasteiger partial charge in [-0.2, -0.15) is 0 Å². The molecule has 0 radical (unpaired) electrons. The fraction of sp³-hybridized carbons (Fsp3) is 0.500. The largest absolute Gasteiger partial charge is 0.345 e. The lowest BCUT2D eigenvalue weighted by atomic mass is 9.88. The lowest BCUT2D eigenvalue weighted by molar-refractivity contribution is -0.124. The van der Waals surface area contributed by atoms with Gasteiger partial charge in [-0.3, -0.25) is 4.79 Å². The van der Waals surface area contributed by atoms with Crippen LogP contribution in [0.15, 0.2) is 24.3 Å². The molecule has 3 N–H and O–H groups in total. The monoisotopic (exact) mass is 250 g/mol. The molecule has 3 nitrogen and oxygen atoms in total. The van der Waals surface area contributed by atoms with Gasteiger partial charge >= 0.3 is 0 Å². The number of halogens is 1. The second kappa shape index (κ2) is 5.06. The molecule has 0 aliphatic heterocycles. The molecule has 0 bridgehead atoms. The summed E-state index contributed by atoms with van der Waals surface area (Å²) in [5.74, 6) is -0.411. The van der Waals surface area contributed by atoms with E-state index in [1.165, 1.54) is 12.1 Å². The zero-order valence-corrected chi connectivity index (χ0v) is 10.6. The maximum absolute atomic E-state index is 13.0. The van der Waals surface area contributed by atoms with Crippen molar-refractivity contribution in [2.24, 2.45) is 5.73 Å². The highest BCUT2D eigenvalue weighted by Gasteiger charge is 2.37. The smallest absolute Gasteiger partial charge is 0.237 e. The summed E-state index contributed by atoms with van der Waals surface area (Å²) in [5.41, 5.74) is 6.21. The first-order valence-electron chi connectivity index (χ1n) is 6.37. The van der Waals surface area contributed by atoms with Gasteiger partial charge < -0.3 is 11.1 Å². The summed E-state index contributed by atoms with van der Waals surface area (Å²) in [5, 5.41) is 3.04. The molecule has 4 heteroatoms. The predicted octanol–water partition coefficient (Wildman–Crippen LogP) is 2.06. The highest BCUT2D eigenvalue weighted by molar-refractivity contribution is 5.82. The summed E-state index contributed by atoms with van der Waals surface area (Å²) in [4.78, 5) is 11.8. The number of carbonyl (C=O) groups is 1. The Morgan fingerprint density at radius 2 is 1.89 bits per heavy atom. The van der Waals surface area contributed by atoms with Crippen LogP contribution in [-0.4, -0.2) is 11.9 Å².